The van der Waals surface area contributed by atoms with E-state index >= 15 is 0 Å². The molecule has 1 saturated heterocycles. The molecule has 0 bridgehead atoms. The topological polar surface area (TPSA) is 76.8 Å². The lowest BCUT2D eigenvalue weighted by molar-refractivity contribution is -0.132. The lowest BCUT2D eigenvalue weighted by Crippen LogP contribution is -2.41. The molecule has 1 aromatic carbocycles. The fourth-order valence-corrected chi connectivity index (χ4v) is 6.00. The zero-order valence-electron chi connectivity index (χ0n) is 18.5. The number of hydrogen-bond donors (Lipinski definition) is 0. The third-order valence-electron chi connectivity index (χ3n) is 6.26. The minimum atomic E-state index is -0.547. The van der Waals surface area contributed by atoms with E-state index in [9.17, 15) is 14.0 Å². The Balaban J connectivity index is 1.18. The molecule has 5 rings (SSSR count). The van der Waals surface area contributed by atoms with Gasteiger partial charge in [-0.05, 0) is 31.0 Å². The summed E-state index contributed by atoms with van der Waals surface area (Å²) in [5.41, 5.74) is 1.85. The van der Waals surface area contributed by atoms with Crippen molar-refractivity contribution in [3.63, 3.8) is 0 Å². The summed E-state index contributed by atoms with van der Waals surface area (Å²) >= 11 is 14.2. The van der Waals surface area contributed by atoms with Gasteiger partial charge < -0.3 is 14.3 Å². The van der Waals surface area contributed by atoms with Crippen LogP contribution in [0.15, 0.2) is 51.9 Å². The number of carbonyl (C=O) groups excluding carboxylic acids is 1. The van der Waals surface area contributed by atoms with Crippen LogP contribution in [0.5, 0.6) is 0 Å². The predicted octanol–water partition coefficient (Wildman–Crippen LogP) is 5.02. The summed E-state index contributed by atoms with van der Waals surface area (Å²) in [7, 11) is 0. The van der Waals surface area contributed by atoms with E-state index in [1.54, 1.807) is 34.4 Å². The van der Waals surface area contributed by atoms with Crippen LogP contribution in [0.1, 0.15) is 47.5 Å². The number of hydrogen-bond acceptors (Lipinski definition) is 6. The first-order chi connectivity index (χ1) is 16.9. The van der Waals surface area contributed by atoms with Gasteiger partial charge in [0.2, 0.25) is 5.91 Å². The number of benzene rings is 1. The van der Waals surface area contributed by atoms with Crippen molar-refractivity contribution in [2.24, 2.45) is 5.16 Å². The highest BCUT2D eigenvalue weighted by Gasteiger charge is 2.30. The molecule has 182 valence electrons. The Morgan fingerprint density at radius 1 is 1.17 bits per heavy atom. The van der Waals surface area contributed by atoms with Crippen molar-refractivity contribution in [3.05, 3.63) is 84.4 Å². The second kappa shape index (κ2) is 10.1. The van der Waals surface area contributed by atoms with E-state index in [1.165, 1.54) is 0 Å². The standard InChI is InChI=1S/C24H21Cl2FN4O3S/c25-16-2-1-3-17(26)23(16)20-10-18(29-34-20)19-13-35-24(28-19)14-6-8-30(9-7-14)22(33)12-31-11-15(27)4-5-21(31)32/h1-5,11,13-14,20H,6-10,12H2. The van der Waals surface area contributed by atoms with Gasteiger partial charge in [0.1, 0.15) is 18.1 Å². The van der Waals surface area contributed by atoms with Crippen LogP contribution in [0.25, 0.3) is 0 Å². The Kier molecular flexibility index (Phi) is 6.91. The molecule has 1 fully saturated rings. The van der Waals surface area contributed by atoms with Crippen LogP contribution in [0, 0.1) is 5.82 Å². The van der Waals surface area contributed by atoms with Crippen LogP contribution in [-0.4, -0.2) is 39.2 Å². The summed E-state index contributed by atoms with van der Waals surface area (Å²) in [5, 5.41) is 8.28. The van der Waals surface area contributed by atoms with Gasteiger partial charge in [-0.25, -0.2) is 9.37 Å². The number of thiazole rings is 1. The van der Waals surface area contributed by atoms with Crippen molar-refractivity contribution in [3.8, 4) is 0 Å². The minimum absolute atomic E-state index is 0.168. The van der Waals surface area contributed by atoms with Crippen molar-refractivity contribution >= 4 is 46.2 Å². The summed E-state index contributed by atoms with van der Waals surface area (Å²) in [6.07, 6.45) is 2.76. The SMILES string of the molecule is O=C(Cn1cc(F)ccc1=O)N1CCC(c2nc(C3=NOC(c4c(Cl)cccc4Cl)C3)cs2)CC1. The molecule has 3 aromatic rings. The van der Waals surface area contributed by atoms with E-state index in [1.807, 2.05) is 5.38 Å². The minimum Gasteiger partial charge on any atom is -0.387 e. The average molecular weight is 535 g/mol. The van der Waals surface area contributed by atoms with E-state index in [-0.39, 0.29) is 24.5 Å². The summed E-state index contributed by atoms with van der Waals surface area (Å²) in [6, 6.07) is 7.56. The molecular formula is C24H21Cl2FN4O3S. The smallest absolute Gasteiger partial charge is 0.251 e. The van der Waals surface area contributed by atoms with Crippen molar-refractivity contribution in [1.29, 1.82) is 0 Å². The number of aromatic nitrogens is 2. The predicted molar refractivity (Wildman–Crippen MR) is 133 cm³/mol. The molecule has 4 heterocycles. The number of oxime groups is 1. The molecule has 0 aliphatic carbocycles. The zero-order chi connectivity index (χ0) is 24.5. The number of carbonyl (C=O) groups is 1. The van der Waals surface area contributed by atoms with Gasteiger partial charge in [0.25, 0.3) is 5.56 Å². The average Bonchev–Trinajstić information content (AvgIpc) is 3.52. The lowest BCUT2D eigenvalue weighted by atomic mass is 9.97. The van der Waals surface area contributed by atoms with Crippen LogP contribution in [0.3, 0.4) is 0 Å². The van der Waals surface area contributed by atoms with E-state index in [2.05, 4.69) is 5.16 Å². The van der Waals surface area contributed by atoms with Gasteiger partial charge >= 0.3 is 0 Å². The summed E-state index contributed by atoms with van der Waals surface area (Å²) < 4.78 is 14.5. The number of nitrogens with zero attached hydrogens (tertiary/aromatic N) is 4. The number of piperidine rings is 1. The first-order valence-corrected chi connectivity index (χ1v) is 12.8. The van der Waals surface area contributed by atoms with E-state index < -0.39 is 11.4 Å². The number of halogens is 3. The molecule has 2 aromatic heterocycles. The molecule has 1 unspecified atom stereocenters. The van der Waals surface area contributed by atoms with Crippen molar-refractivity contribution in [2.75, 3.05) is 13.1 Å². The molecule has 1 atom stereocenters. The summed E-state index contributed by atoms with van der Waals surface area (Å²) in [6.45, 7) is 0.943. The highest BCUT2D eigenvalue weighted by atomic mass is 35.5. The van der Waals surface area contributed by atoms with Crippen LogP contribution in [0.4, 0.5) is 4.39 Å². The van der Waals surface area contributed by atoms with Gasteiger partial charge in [-0.15, -0.1) is 11.3 Å². The van der Waals surface area contributed by atoms with Gasteiger partial charge in [-0.1, -0.05) is 34.4 Å². The van der Waals surface area contributed by atoms with E-state index in [4.69, 9.17) is 33.0 Å². The maximum Gasteiger partial charge on any atom is 0.251 e. The molecule has 0 radical (unpaired) electrons. The van der Waals surface area contributed by atoms with Gasteiger partial charge in [0, 0.05) is 58.7 Å². The highest BCUT2D eigenvalue weighted by molar-refractivity contribution is 7.10. The number of likely N-dealkylation sites (tertiary alicyclic amines) is 1. The molecule has 2 aliphatic heterocycles. The van der Waals surface area contributed by atoms with Crippen LogP contribution in [0.2, 0.25) is 10.0 Å². The van der Waals surface area contributed by atoms with Crippen LogP contribution < -0.4 is 5.56 Å². The fraction of sp³-hybridized carbons (Fsp3) is 0.333. The van der Waals surface area contributed by atoms with Crippen molar-refractivity contribution in [2.45, 2.75) is 37.8 Å². The third-order valence-corrected chi connectivity index (χ3v) is 7.92. The van der Waals surface area contributed by atoms with Crippen molar-refractivity contribution in [1.82, 2.24) is 14.5 Å². The van der Waals surface area contributed by atoms with E-state index in [0.717, 1.165) is 57.7 Å². The number of rotatable bonds is 5. The second-order valence-corrected chi connectivity index (χ2v) is 10.2. The van der Waals surface area contributed by atoms with Crippen LogP contribution >= 0.6 is 34.5 Å². The quantitative estimate of drug-likeness (QED) is 0.460. The summed E-state index contributed by atoms with van der Waals surface area (Å²) in [4.78, 5) is 36.6. The molecule has 2 aliphatic rings. The largest absolute Gasteiger partial charge is 0.387 e. The van der Waals surface area contributed by atoms with Gasteiger partial charge in [-0.2, -0.15) is 0 Å². The molecule has 0 N–H and O–H groups in total. The Morgan fingerprint density at radius 2 is 1.91 bits per heavy atom. The van der Waals surface area contributed by atoms with E-state index in [0.29, 0.717) is 29.6 Å². The molecule has 0 saturated carbocycles. The first-order valence-electron chi connectivity index (χ1n) is 11.1. The monoisotopic (exact) mass is 534 g/mol. The van der Waals surface area contributed by atoms with Gasteiger partial charge in [0.15, 0.2) is 6.10 Å². The van der Waals surface area contributed by atoms with Gasteiger partial charge in [-0.3, -0.25) is 9.59 Å². The fourth-order valence-electron chi connectivity index (χ4n) is 4.36. The Hall–Kier alpha value is -2.75. The summed E-state index contributed by atoms with van der Waals surface area (Å²) in [5.74, 6) is -0.515. The third kappa shape index (κ3) is 5.12. The normalized spacial score (nSPS) is 18.4. The second-order valence-electron chi connectivity index (χ2n) is 8.51. The molecule has 7 nitrogen and oxygen atoms in total. The van der Waals surface area contributed by atoms with Crippen LogP contribution in [-0.2, 0) is 16.2 Å². The molecular weight excluding hydrogens is 514 g/mol. The van der Waals surface area contributed by atoms with Crippen molar-refractivity contribution < 1.29 is 14.0 Å². The van der Waals surface area contributed by atoms with Gasteiger partial charge in [0.05, 0.1) is 10.7 Å². The Bertz CT molecular complexity index is 1330. The first kappa shape index (κ1) is 24.0. The Morgan fingerprint density at radius 3 is 2.66 bits per heavy atom. The number of pyridine rings is 1. The maximum atomic E-state index is 13.4. The molecule has 11 heteroatoms. The molecule has 35 heavy (non-hydrogen) atoms. The highest BCUT2D eigenvalue weighted by Crippen LogP contribution is 2.38. The molecule has 0 spiro atoms. The Labute approximate surface area is 214 Å². The molecule has 1 amide bonds. The lowest BCUT2D eigenvalue weighted by Gasteiger charge is -2.31. The number of amides is 1. The zero-order valence-corrected chi connectivity index (χ0v) is 20.8. The maximum absolute atomic E-state index is 13.4.